The second-order valence-electron chi connectivity index (χ2n) is 4.25. The minimum Gasteiger partial charge on any atom is -0.481 e. The number of carbonyl (C=O) groups is 1. The van der Waals surface area contributed by atoms with E-state index in [0.29, 0.717) is 16.6 Å². The number of carboxylic acid groups (broad SMARTS) is 1. The Bertz CT molecular complexity index is 416. The minimum atomic E-state index is -0.733. The highest BCUT2D eigenvalue weighted by molar-refractivity contribution is 6.35. The lowest BCUT2D eigenvalue weighted by atomic mass is 9.98. The summed E-state index contributed by atoms with van der Waals surface area (Å²) in [6.07, 6.45) is 1.61. The van der Waals surface area contributed by atoms with Gasteiger partial charge in [0.1, 0.15) is 0 Å². The second kappa shape index (κ2) is 5.15. The summed E-state index contributed by atoms with van der Waals surface area (Å²) < 4.78 is 0. The van der Waals surface area contributed by atoms with Crippen molar-refractivity contribution in [3.05, 3.63) is 28.2 Å². The molecule has 1 saturated heterocycles. The van der Waals surface area contributed by atoms with E-state index in [0.717, 1.165) is 25.1 Å². The third kappa shape index (κ3) is 3.05. The number of hydrogen-bond acceptors (Lipinski definition) is 2. The zero-order valence-electron chi connectivity index (χ0n) is 9.20. The van der Waals surface area contributed by atoms with Gasteiger partial charge >= 0.3 is 5.97 Å². The summed E-state index contributed by atoms with van der Waals surface area (Å²) in [4.78, 5) is 13.0. The number of benzene rings is 1. The predicted molar refractivity (Wildman–Crippen MR) is 69.0 cm³/mol. The van der Waals surface area contributed by atoms with Gasteiger partial charge in [0.2, 0.25) is 0 Å². The van der Waals surface area contributed by atoms with Crippen LogP contribution >= 0.6 is 23.2 Å². The molecule has 0 aromatic heterocycles. The molecule has 1 aromatic rings. The first-order valence-electron chi connectivity index (χ1n) is 5.50. The number of rotatable bonds is 2. The van der Waals surface area contributed by atoms with Crippen molar-refractivity contribution in [3.8, 4) is 0 Å². The molecule has 1 fully saturated rings. The monoisotopic (exact) mass is 273 g/mol. The van der Waals surface area contributed by atoms with Crippen molar-refractivity contribution >= 4 is 34.9 Å². The lowest BCUT2D eigenvalue weighted by Gasteiger charge is -2.32. The van der Waals surface area contributed by atoms with Gasteiger partial charge in [-0.15, -0.1) is 0 Å². The quantitative estimate of drug-likeness (QED) is 0.899. The van der Waals surface area contributed by atoms with E-state index in [9.17, 15) is 4.79 Å². The highest BCUT2D eigenvalue weighted by Gasteiger charge is 2.25. The summed E-state index contributed by atoms with van der Waals surface area (Å²) in [5, 5.41) is 10.2. The predicted octanol–water partition coefficient (Wildman–Crippen LogP) is 3.29. The summed E-state index contributed by atoms with van der Waals surface area (Å²) in [6.45, 7) is 1.37. The Morgan fingerprint density at radius 2 is 1.94 bits per heavy atom. The van der Waals surface area contributed by atoms with E-state index in [1.54, 1.807) is 6.07 Å². The standard InChI is InChI=1S/C12H13Cl2NO2/c13-9-4-10(14)6-11(5-9)15-3-1-2-8(7-15)12(16)17/h4-6,8H,1-3,7H2,(H,16,17). The van der Waals surface area contributed by atoms with Crippen molar-refractivity contribution in [1.82, 2.24) is 0 Å². The second-order valence-corrected chi connectivity index (χ2v) is 5.12. The molecular weight excluding hydrogens is 261 g/mol. The fourth-order valence-electron chi connectivity index (χ4n) is 2.14. The molecular formula is C12H13Cl2NO2. The van der Waals surface area contributed by atoms with Crippen LogP contribution in [0.25, 0.3) is 0 Å². The van der Waals surface area contributed by atoms with E-state index in [1.807, 2.05) is 17.0 Å². The van der Waals surface area contributed by atoms with Crippen molar-refractivity contribution in [1.29, 1.82) is 0 Å². The molecule has 1 aliphatic heterocycles. The van der Waals surface area contributed by atoms with Crippen LogP contribution in [-0.2, 0) is 4.79 Å². The van der Waals surface area contributed by atoms with Crippen LogP contribution in [0.15, 0.2) is 18.2 Å². The van der Waals surface area contributed by atoms with Crippen LogP contribution in [0, 0.1) is 5.92 Å². The van der Waals surface area contributed by atoms with Crippen molar-refractivity contribution in [2.24, 2.45) is 5.92 Å². The molecule has 3 nitrogen and oxygen atoms in total. The zero-order valence-corrected chi connectivity index (χ0v) is 10.7. The SMILES string of the molecule is O=C(O)C1CCCN(c2cc(Cl)cc(Cl)c2)C1. The van der Waals surface area contributed by atoms with Gasteiger partial charge in [0.05, 0.1) is 5.92 Å². The molecule has 0 spiro atoms. The Hall–Kier alpha value is -0.930. The molecule has 17 heavy (non-hydrogen) atoms. The van der Waals surface area contributed by atoms with Crippen LogP contribution in [0.3, 0.4) is 0 Å². The van der Waals surface area contributed by atoms with Crippen molar-refractivity contribution in [3.63, 3.8) is 0 Å². The maximum Gasteiger partial charge on any atom is 0.308 e. The first-order chi connectivity index (χ1) is 8.06. The average Bonchev–Trinajstić information content (AvgIpc) is 2.28. The maximum absolute atomic E-state index is 11.0. The van der Waals surface area contributed by atoms with E-state index in [2.05, 4.69) is 0 Å². The van der Waals surface area contributed by atoms with Crippen LogP contribution in [-0.4, -0.2) is 24.2 Å². The van der Waals surface area contributed by atoms with Crippen LogP contribution in [0.4, 0.5) is 5.69 Å². The molecule has 1 N–H and O–H groups in total. The average molecular weight is 274 g/mol. The highest BCUT2D eigenvalue weighted by atomic mass is 35.5. The van der Waals surface area contributed by atoms with E-state index in [-0.39, 0.29) is 5.92 Å². The van der Waals surface area contributed by atoms with E-state index >= 15 is 0 Å². The lowest BCUT2D eigenvalue weighted by Crippen LogP contribution is -2.38. The molecule has 1 heterocycles. The Balaban J connectivity index is 2.18. The summed E-state index contributed by atoms with van der Waals surface area (Å²) in [5.74, 6) is -1.04. The molecule has 92 valence electrons. The van der Waals surface area contributed by atoms with Crippen LogP contribution in [0.5, 0.6) is 0 Å². The Morgan fingerprint density at radius 3 is 2.53 bits per heavy atom. The summed E-state index contributed by atoms with van der Waals surface area (Å²) in [7, 11) is 0. The van der Waals surface area contributed by atoms with Crippen LogP contribution in [0.2, 0.25) is 10.0 Å². The zero-order chi connectivity index (χ0) is 12.4. The van der Waals surface area contributed by atoms with E-state index < -0.39 is 5.97 Å². The van der Waals surface area contributed by atoms with Gasteiger partial charge in [-0.3, -0.25) is 4.79 Å². The van der Waals surface area contributed by atoms with Crippen LogP contribution < -0.4 is 4.90 Å². The van der Waals surface area contributed by atoms with Gasteiger partial charge in [-0.05, 0) is 31.0 Å². The minimum absolute atomic E-state index is 0.304. The summed E-state index contributed by atoms with van der Waals surface area (Å²) in [5.41, 5.74) is 0.897. The topological polar surface area (TPSA) is 40.5 Å². The largest absolute Gasteiger partial charge is 0.481 e. The molecule has 1 unspecified atom stereocenters. The Morgan fingerprint density at radius 1 is 1.29 bits per heavy atom. The van der Waals surface area contributed by atoms with Crippen molar-refractivity contribution < 1.29 is 9.90 Å². The number of hydrogen-bond donors (Lipinski definition) is 1. The molecule has 5 heteroatoms. The number of anilines is 1. The van der Waals surface area contributed by atoms with Gasteiger partial charge < -0.3 is 10.0 Å². The van der Waals surface area contributed by atoms with Gasteiger partial charge in [0.25, 0.3) is 0 Å². The molecule has 0 radical (unpaired) electrons. The molecule has 1 aromatic carbocycles. The van der Waals surface area contributed by atoms with Gasteiger partial charge in [-0.1, -0.05) is 23.2 Å². The van der Waals surface area contributed by atoms with Gasteiger partial charge in [-0.25, -0.2) is 0 Å². The Labute approximate surface area is 110 Å². The van der Waals surface area contributed by atoms with Crippen molar-refractivity contribution in [2.45, 2.75) is 12.8 Å². The fourth-order valence-corrected chi connectivity index (χ4v) is 2.65. The number of piperidine rings is 1. The van der Waals surface area contributed by atoms with E-state index in [4.69, 9.17) is 28.3 Å². The Kier molecular flexibility index (Phi) is 3.79. The van der Waals surface area contributed by atoms with Crippen molar-refractivity contribution in [2.75, 3.05) is 18.0 Å². The smallest absolute Gasteiger partial charge is 0.308 e. The highest BCUT2D eigenvalue weighted by Crippen LogP contribution is 2.28. The maximum atomic E-state index is 11.0. The molecule has 0 bridgehead atoms. The number of nitrogens with zero attached hydrogens (tertiary/aromatic N) is 1. The first-order valence-corrected chi connectivity index (χ1v) is 6.25. The molecule has 2 rings (SSSR count). The molecule has 0 aliphatic carbocycles. The normalized spacial score (nSPS) is 20.4. The van der Waals surface area contributed by atoms with Gasteiger partial charge in [0.15, 0.2) is 0 Å². The third-order valence-electron chi connectivity index (χ3n) is 2.98. The lowest BCUT2D eigenvalue weighted by molar-refractivity contribution is -0.141. The van der Waals surface area contributed by atoms with Gasteiger partial charge in [-0.2, -0.15) is 0 Å². The first kappa shape index (κ1) is 12.5. The number of aliphatic carboxylic acids is 1. The fraction of sp³-hybridized carbons (Fsp3) is 0.417. The van der Waals surface area contributed by atoms with E-state index in [1.165, 1.54) is 0 Å². The summed E-state index contributed by atoms with van der Waals surface area (Å²) >= 11 is 11.9. The molecule has 0 amide bonds. The third-order valence-corrected chi connectivity index (χ3v) is 3.42. The summed E-state index contributed by atoms with van der Waals surface area (Å²) in [6, 6.07) is 5.31. The number of carboxylic acids is 1. The molecule has 0 saturated carbocycles. The molecule has 1 atom stereocenters. The van der Waals surface area contributed by atoms with Crippen LogP contribution in [0.1, 0.15) is 12.8 Å². The molecule has 1 aliphatic rings. The van der Waals surface area contributed by atoms with Gasteiger partial charge in [0, 0.05) is 28.8 Å². The number of halogens is 2.